The van der Waals surface area contributed by atoms with Gasteiger partial charge < -0.3 is 15.5 Å². The molecule has 1 amide bonds. The second-order valence-corrected chi connectivity index (χ2v) is 9.11. The fourth-order valence-electron chi connectivity index (χ4n) is 3.68. The van der Waals surface area contributed by atoms with E-state index in [0.717, 1.165) is 5.69 Å². The van der Waals surface area contributed by atoms with E-state index < -0.39 is 17.2 Å². The van der Waals surface area contributed by atoms with E-state index in [4.69, 9.17) is 5.73 Å². The monoisotopic (exact) mass is 464 g/mol. The quantitative estimate of drug-likeness (QED) is 0.528. The fourth-order valence-corrected chi connectivity index (χ4v) is 3.68. The molecule has 0 aliphatic carbocycles. The molecule has 0 unspecified atom stereocenters. The maximum absolute atomic E-state index is 13.5. The molecule has 3 rings (SSSR count). The number of carbonyl (C=O) groups excluding carboxylic acids is 1. The number of hydrogen-bond donors (Lipinski definition) is 2. The summed E-state index contributed by atoms with van der Waals surface area (Å²) in [7, 11) is 1.89. The Kier molecular flexibility index (Phi) is 7.55. The van der Waals surface area contributed by atoms with Crippen molar-refractivity contribution in [1.82, 2.24) is 14.5 Å². The zero-order chi connectivity index (χ0) is 25.0. The van der Waals surface area contributed by atoms with Crippen molar-refractivity contribution < 1.29 is 4.79 Å². The SMILES string of the molecule is CC(C)CN(C(=O)c1ccc(N(C)c2ccccc2)nc1)c1c(N)n(CC(C)C)c(=O)[nH]c1=O. The highest BCUT2D eigenvalue weighted by Gasteiger charge is 2.26. The molecule has 0 bridgehead atoms. The lowest BCUT2D eigenvalue weighted by molar-refractivity contribution is 0.0983. The topological polar surface area (TPSA) is 117 Å². The number of nitrogens with two attached hydrogens (primary N) is 1. The zero-order valence-electron chi connectivity index (χ0n) is 20.3. The standard InChI is InChI=1S/C25H32N6O3/c1-16(2)14-30(21-22(26)31(15-17(3)4)25(34)28-23(21)32)24(33)18-11-12-20(27-13-18)29(5)19-9-7-6-8-10-19/h6-13,16-17H,14-15,26H2,1-5H3,(H,28,32,34). The normalized spacial score (nSPS) is 11.1. The van der Waals surface area contributed by atoms with E-state index in [9.17, 15) is 14.4 Å². The van der Waals surface area contributed by atoms with Crippen LogP contribution in [0.5, 0.6) is 0 Å². The van der Waals surface area contributed by atoms with Crippen LogP contribution in [0.3, 0.4) is 0 Å². The van der Waals surface area contributed by atoms with Gasteiger partial charge in [0.2, 0.25) is 0 Å². The van der Waals surface area contributed by atoms with Crippen LogP contribution < -0.4 is 26.8 Å². The molecule has 0 radical (unpaired) electrons. The van der Waals surface area contributed by atoms with Gasteiger partial charge in [-0.2, -0.15) is 0 Å². The van der Waals surface area contributed by atoms with Gasteiger partial charge in [0.15, 0.2) is 5.69 Å². The van der Waals surface area contributed by atoms with Crippen LogP contribution in [0.15, 0.2) is 58.3 Å². The zero-order valence-corrected chi connectivity index (χ0v) is 20.3. The number of H-pyrrole nitrogens is 1. The Morgan fingerprint density at radius 3 is 2.29 bits per heavy atom. The number of rotatable bonds is 8. The van der Waals surface area contributed by atoms with Gasteiger partial charge in [0, 0.05) is 32.0 Å². The summed E-state index contributed by atoms with van der Waals surface area (Å²) in [4.78, 5) is 48.7. The van der Waals surface area contributed by atoms with Gasteiger partial charge in [0.25, 0.3) is 11.5 Å². The molecule has 0 atom stereocenters. The molecule has 0 aliphatic rings. The average molecular weight is 465 g/mol. The van der Waals surface area contributed by atoms with E-state index in [1.54, 1.807) is 12.1 Å². The van der Waals surface area contributed by atoms with Crippen LogP contribution in [0, 0.1) is 11.8 Å². The molecule has 0 aliphatic heterocycles. The molecule has 180 valence electrons. The van der Waals surface area contributed by atoms with E-state index in [-0.39, 0.29) is 29.9 Å². The van der Waals surface area contributed by atoms with Gasteiger partial charge in [-0.25, -0.2) is 9.78 Å². The number of carbonyl (C=O) groups is 1. The largest absolute Gasteiger partial charge is 0.383 e. The molecule has 34 heavy (non-hydrogen) atoms. The molecular formula is C25H32N6O3. The van der Waals surface area contributed by atoms with Crippen molar-refractivity contribution in [3.8, 4) is 0 Å². The number of para-hydroxylation sites is 1. The first-order valence-electron chi connectivity index (χ1n) is 11.3. The number of aromatic amines is 1. The van der Waals surface area contributed by atoms with Crippen LogP contribution in [-0.4, -0.2) is 34.0 Å². The van der Waals surface area contributed by atoms with Gasteiger partial charge in [-0.15, -0.1) is 0 Å². The molecule has 2 heterocycles. The minimum atomic E-state index is -0.690. The van der Waals surface area contributed by atoms with Crippen LogP contribution in [-0.2, 0) is 6.54 Å². The van der Waals surface area contributed by atoms with Crippen LogP contribution in [0.1, 0.15) is 38.1 Å². The molecule has 3 aromatic rings. The van der Waals surface area contributed by atoms with Crippen molar-refractivity contribution in [2.24, 2.45) is 11.8 Å². The third kappa shape index (κ3) is 5.36. The van der Waals surface area contributed by atoms with Crippen molar-refractivity contribution in [3.05, 3.63) is 75.1 Å². The predicted molar refractivity (Wildman–Crippen MR) is 136 cm³/mol. The van der Waals surface area contributed by atoms with Gasteiger partial charge in [0.05, 0.1) is 5.56 Å². The van der Waals surface area contributed by atoms with E-state index in [0.29, 0.717) is 17.9 Å². The number of nitrogens with zero attached hydrogens (tertiary/aromatic N) is 4. The Hall–Kier alpha value is -3.88. The van der Waals surface area contributed by atoms with Gasteiger partial charge in [-0.05, 0) is 36.1 Å². The van der Waals surface area contributed by atoms with Crippen molar-refractivity contribution in [2.45, 2.75) is 34.2 Å². The first-order chi connectivity index (χ1) is 16.1. The number of nitrogens with one attached hydrogen (secondary N) is 1. The third-order valence-corrected chi connectivity index (χ3v) is 5.31. The average Bonchev–Trinajstić information content (AvgIpc) is 2.80. The molecule has 3 N–H and O–H groups in total. The Balaban J connectivity index is 2.00. The van der Waals surface area contributed by atoms with Crippen LogP contribution in [0.4, 0.5) is 23.0 Å². The number of aromatic nitrogens is 3. The first-order valence-corrected chi connectivity index (χ1v) is 11.3. The summed E-state index contributed by atoms with van der Waals surface area (Å²) in [6, 6.07) is 13.2. The highest BCUT2D eigenvalue weighted by Crippen LogP contribution is 2.24. The van der Waals surface area contributed by atoms with Gasteiger partial charge >= 0.3 is 5.69 Å². The lowest BCUT2D eigenvalue weighted by Crippen LogP contribution is -2.43. The lowest BCUT2D eigenvalue weighted by Gasteiger charge is -2.26. The first kappa shape index (κ1) is 24.8. The van der Waals surface area contributed by atoms with E-state index in [1.807, 2.05) is 70.0 Å². The summed E-state index contributed by atoms with van der Waals surface area (Å²) in [6.07, 6.45) is 1.49. The molecule has 0 saturated carbocycles. The Labute approximate surface area is 198 Å². The molecule has 1 aromatic carbocycles. The molecule has 2 aromatic heterocycles. The maximum Gasteiger partial charge on any atom is 0.330 e. The Morgan fingerprint density at radius 1 is 1.06 bits per heavy atom. The summed E-state index contributed by atoms with van der Waals surface area (Å²) in [5.41, 5.74) is 6.25. The number of nitrogen functional groups attached to an aromatic ring is 1. The van der Waals surface area contributed by atoms with Crippen molar-refractivity contribution >= 4 is 28.9 Å². The minimum absolute atomic E-state index is 0.0233. The molecule has 0 fully saturated rings. The molecule has 9 heteroatoms. The minimum Gasteiger partial charge on any atom is -0.383 e. The van der Waals surface area contributed by atoms with Crippen LogP contribution >= 0.6 is 0 Å². The second kappa shape index (κ2) is 10.4. The van der Waals surface area contributed by atoms with Gasteiger partial charge in [-0.1, -0.05) is 45.9 Å². The molecule has 0 saturated heterocycles. The summed E-state index contributed by atoms with van der Waals surface area (Å²) in [6.45, 7) is 8.31. The number of hydrogen-bond acceptors (Lipinski definition) is 6. The second-order valence-electron chi connectivity index (χ2n) is 9.11. The molecular weight excluding hydrogens is 432 g/mol. The highest BCUT2D eigenvalue weighted by atomic mass is 16.2. The van der Waals surface area contributed by atoms with E-state index in [1.165, 1.54) is 15.7 Å². The molecule has 9 nitrogen and oxygen atoms in total. The summed E-state index contributed by atoms with van der Waals surface area (Å²) >= 11 is 0. The highest BCUT2D eigenvalue weighted by molar-refractivity contribution is 6.07. The smallest absolute Gasteiger partial charge is 0.330 e. The number of amides is 1. The summed E-state index contributed by atoms with van der Waals surface area (Å²) < 4.78 is 1.30. The third-order valence-electron chi connectivity index (χ3n) is 5.31. The van der Waals surface area contributed by atoms with Gasteiger partial charge in [-0.3, -0.25) is 19.1 Å². The van der Waals surface area contributed by atoms with E-state index >= 15 is 0 Å². The fraction of sp³-hybridized carbons (Fsp3) is 0.360. The van der Waals surface area contributed by atoms with E-state index in [2.05, 4.69) is 9.97 Å². The maximum atomic E-state index is 13.5. The van der Waals surface area contributed by atoms with Crippen molar-refractivity contribution in [2.75, 3.05) is 29.1 Å². The molecule has 0 spiro atoms. The van der Waals surface area contributed by atoms with Crippen LogP contribution in [0.25, 0.3) is 0 Å². The lowest BCUT2D eigenvalue weighted by atomic mass is 10.1. The van der Waals surface area contributed by atoms with Gasteiger partial charge in [0.1, 0.15) is 11.6 Å². The van der Waals surface area contributed by atoms with Crippen LogP contribution in [0.2, 0.25) is 0 Å². The Bertz CT molecular complexity index is 1250. The number of benzene rings is 1. The summed E-state index contributed by atoms with van der Waals surface area (Å²) in [5.74, 6) is 0.393. The number of anilines is 4. The summed E-state index contributed by atoms with van der Waals surface area (Å²) in [5, 5.41) is 0. The van der Waals surface area contributed by atoms with Crippen molar-refractivity contribution in [3.63, 3.8) is 0 Å². The predicted octanol–water partition coefficient (Wildman–Crippen LogP) is 3.24. The van der Waals surface area contributed by atoms with Crippen molar-refractivity contribution in [1.29, 1.82) is 0 Å². The Morgan fingerprint density at radius 2 is 1.74 bits per heavy atom. The number of pyridine rings is 1.